The van der Waals surface area contributed by atoms with Crippen molar-refractivity contribution in [2.24, 2.45) is 0 Å². The molecular formula is C16H16FNO2. The zero-order valence-corrected chi connectivity index (χ0v) is 11.2. The summed E-state index contributed by atoms with van der Waals surface area (Å²) in [6.45, 7) is 2.10. The van der Waals surface area contributed by atoms with E-state index in [1.165, 1.54) is 17.7 Å². The predicted molar refractivity (Wildman–Crippen MR) is 76.5 cm³/mol. The van der Waals surface area contributed by atoms with E-state index >= 15 is 0 Å². The number of benzene rings is 2. The number of aromatic hydroxyl groups is 1. The van der Waals surface area contributed by atoms with Gasteiger partial charge in [0.2, 0.25) is 0 Å². The topological polar surface area (TPSA) is 49.3 Å². The number of hydrogen-bond acceptors (Lipinski definition) is 2. The summed E-state index contributed by atoms with van der Waals surface area (Å²) in [5, 5.41) is 11.7. The SMILES string of the molecule is CCCc1ccc(NC(=O)c2ccc(O)cc2F)cc1. The van der Waals surface area contributed by atoms with Crippen LogP contribution in [0.25, 0.3) is 0 Å². The molecule has 2 aromatic carbocycles. The average molecular weight is 273 g/mol. The minimum Gasteiger partial charge on any atom is -0.508 e. The van der Waals surface area contributed by atoms with Gasteiger partial charge in [-0.15, -0.1) is 0 Å². The first kappa shape index (κ1) is 14.1. The van der Waals surface area contributed by atoms with Crippen LogP contribution in [-0.2, 0) is 6.42 Å². The summed E-state index contributed by atoms with van der Waals surface area (Å²) in [7, 11) is 0. The lowest BCUT2D eigenvalue weighted by Gasteiger charge is -2.07. The van der Waals surface area contributed by atoms with Crippen molar-refractivity contribution >= 4 is 11.6 Å². The monoisotopic (exact) mass is 273 g/mol. The fraction of sp³-hybridized carbons (Fsp3) is 0.188. The summed E-state index contributed by atoms with van der Waals surface area (Å²) in [6.07, 6.45) is 2.05. The van der Waals surface area contributed by atoms with Crippen LogP contribution >= 0.6 is 0 Å². The zero-order valence-electron chi connectivity index (χ0n) is 11.2. The fourth-order valence-corrected chi connectivity index (χ4v) is 1.93. The van der Waals surface area contributed by atoms with E-state index in [9.17, 15) is 9.18 Å². The van der Waals surface area contributed by atoms with Gasteiger partial charge < -0.3 is 10.4 Å². The molecule has 1 amide bonds. The Bertz CT molecular complexity index is 608. The van der Waals surface area contributed by atoms with E-state index in [1.54, 1.807) is 12.1 Å². The molecule has 0 heterocycles. The Balaban J connectivity index is 2.11. The summed E-state index contributed by atoms with van der Waals surface area (Å²) in [6, 6.07) is 10.9. The molecule has 0 saturated heterocycles. The molecule has 0 spiro atoms. The van der Waals surface area contributed by atoms with Crippen molar-refractivity contribution in [3.63, 3.8) is 0 Å². The van der Waals surface area contributed by atoms with Crippen molar-refractivity contribution < 1.29 is 14.3 Å². The second-order valence-electron chi connectivity index (χ2n) is 4.57. The minimum absolute atomic E-state index is 0.0968. The van der Waals surface area contributed by atoms with Crippen LogP contribution in [0.2, 0.25) is 0 Å². The van der Waals surface area contributed by atoms with Crippen LogP contribution in [-0.4, -0.2) is 11.0 Å². The molecule has 0 aliphatic carbocycles. The lowest BCUT2D eigenvalue weighted by atomic mass is 10.1. The van der Waals surface area contributed by atoms with Crippen molar-refractivity contribution in [2.45, 2.75) is 19.8 Å². The molecule has 0 saturated carbocycles. The first-order chi connectivity index (χ1) is 9.60. The van der Waals surface area contributed by atoms with Crippen LogP contribution in [0, 0.1) is 5.82 Å². The van der Waals surface area contributed by atoms with Crippen molar-refractivity contribution in [1.29, 1.82) is 0 Å². The quantitative estimate of drug-likeness (QED) is 0.891. The molecule has 104 valence electrons. The molecule has 2 rings (SSSR count). The highest BCUT2D eigenvalue weighted by Gasteiger charge is 2.12. The molecule has 0 fully saturated rings. The molecule has 0 aliphatic heterocycles. The highest BCUT2D eigenvalue weighted by Crippen LogP contribution is 2.17. The molecule has 2 aromatic rings. The van der Waals surface area contributed by atoms with Gasteiger partial charge in [0.05, 0.1) is 5.56 Å². The normalized spacial score (nSPS) is 10.3. The number of nitrogens with one attached hydrogen (secondary N) is 1. The highest BCUT2D eigenvalue weighted by molar-refractivity contribution is 6.04. The number of phenolic OH excluding ortho intramolecular Hbond substituents is 1. The van der Waals surface area contributed by atoms with Gasteiger partial charge in [0.25, 0.3) is 5.91 Å². The van der Waals surface area contributed by atoms with E-state index in [4.69, 9.17) is 5.11 Å². The molecule has 4 heteroatoms. The standard InChI is InChI=1S/C16H16FNO2/c1-2-3-11-4-6-12(7-5-11)18-16(20)14-9-8-13(19)10-15(14)17/h4-10,19H,2-3H2,1H3,(H,18,20). The maximum Gasteiger partial charge on any atom is 0.258 e. The summed E-state index contributed by atoms with van der Waals surface area (Å²) in [4.78, 5) is 11.9. The number of halogens is 1. The van der Waals surface area contributed by atoms with E-state index in [-0.39, 0.29) is 11.3 Å². The van der Waals surface area contributed by atoms with Gasteiger partial charge in [-0.05, 0) is 36.2 Å². The largest absolute Gasteiger partial charge is 0.508 e. The van der Waals surface area contributed by atoms with Crippen molar-refractivity contribution in [2.75, 3.05) is 5.32 Å². The van der Waals surface area contributed by atoms with Gasteiger partial charge in [-0.2, -0.15) is 0 Å². The molecule has 0 aromatic heterocycles. The Labute approximate surface area is 117 Å². The van der Waals surface area contributed by atoms with Crippen LogP contribution in [0.1, 0.15) is 29.3 Å². The molecular weight excluding hydrogens is 257 g/mol. The first-order valence-corrected chi connectivity index (χ1v) is 6.49. The summed E-state index contributed by atoms with van der Waals surface area (Å²) in [5.74, 6) is -1.49. The predicted octanol–water partition coefficient (Wildman–Crippen LogP) is 3.74. The minimum atomic E-state index is -0.745. The van der Waals surface area contributed by atoms with Gasteiger partial charge in [0.1, 0.15) is 11.6 Å². The van der Waals surface area contributed by atoms with Gasteiger partial charge in [-0.3, -0.25) is 4.79 Å². The molecule has 0 unspecified atom stereocenters. The van der Waals surface area contributed by atoms with Crippen molar-refractivity contribution in [3.05, 3.63) is 59.4 Å². The Morgan fingerprint density at radius 2 is 1.90 bits per heavy atom. The van der Waals surface area contributed by atoms with E-state index < -0.39 is 11.7 Å². The molecule has 0 atom stereocenters. The zero-order chi connectivity index (χ0) is 14.5. The maximum atomic E-state index is 13.5. The molecule has 3 nitrogen and oxygen atoms in total. The van der Waals surface area contributed by atoms with Gasteiger partial charge in [-0.25, -0.2) is 4.39 Å². The molecule has 20 heavy (non-hydrogen) atoms. The average Bonchev–Trinajstić information content (AvgIpc) is 2.41. The third-order valence-electron chi connectivity index (χ3n) is 2.95. The number of aryl methyl sites for hydroxylation is 1. The number of carbonyl (C=O) groups excluding carboxylic acids is 1. The number of carbonyl (C=O) groups is 1. The third kappa shape index (κ3) is 3.35. The molecule has 0 aliphatic rings. The number of amides is 1. The van der Waals surface area contributed by atoms with Crippen LogP contribution < -0.4 is 5.32 Å². The first-order valence-electron chi connectivity index (χ1n) is 6.49. The summed E-state index contributed by atoms with van der Waals surface area (Å²) < 4.78 is 13.5. The van der Waals surface area contributed by atoms with E-state index in [0.717, 1.165) is 18.9 Å². The lowest BCUT2D eigenvalue weighted by Crippen LogP contribution is -2.13. The van der Waals surface area contributed by atoms with E-state index in [0.29, 0.717) is 5.69 Å². The summed E-state index contributed by atoms with van der Waals surface area (Å²) >= 11 is 0. The smallest absolute Gasteiger partial charge is 0.258 e. The Morgan fingerprint density at radius 3 is 2.50 bits per heavy atom. The van der Waals surface area contributed by atoms with Crippen molar-refractivity contribution in [1.82, 2.24) is 0 Å². The second-order valence-corrected chi connectivity index (χ2v) is 4.57. The highest BCUT2D eigenvalue weighted by atomic mass is 19.1. The molecule has 2 N–H and O–H groups in total. The van der Waals surface area contributed by atoms with Gasteiger partial charge in [-0.1, -0.05) is 25.5 Å². The van der Waals surface area contributed by atoms with Crippen LogP contribution in [0.4, 0.5) is 10.1 Å². The molecule has 0 bridgehead atoms. The van der Waals surface area contributed by atoms with Gasteiger partial charge >= 0.3 is 0 Å². The maximum absolute atomic E-state index is 13.5. The number of rotatable bonds is 4. The Hall–Kier alpha value is -2.36. The number of hydrogen-bond donors (Lipinski definition) is 2. The van der Waals surface area contributed by atoms with Crippen molar-refractivity contribution in [3.8, 4) is 5.75 Å². The third-order valence-corrected chi connectivity index (χ3v) is 2.95. The van der Waals surface area contributed by atoms with E-state index in [2.05, 4.69) is 12.2 Å². The van der Waals surface area contributed by atoms with Gasteiger partial charge in [0, 0.05) is 11.8 Å². The summed E-state index contributed by atoms with van der Waals surface area (Å²) in [5.41, 5.74) is 1.71. The fourth-order valence-electron chi connectivity index (χ4n) is 1.93. The van der Waals surface area contributed by atoms with Crippen LogP contribution in [0.15, 0.2) is 42.5 Å². The Morgan fingerprint density at radius 1 is 1.20 bits per heavy atom. The lowest BCUT2D eigenvalue weighted by molar-refractivity contribution is 0.102. The number of anilines is 1. The van der Waals surface area contributed by atoms with Crippen LogP contribution in [0.3, 0.4) is 0 Å². The van der Waals surface area contributed by atoms with Crippen LogP contribution in [0.5, 0.6) is 5.75 Å². The van der Waals surface area contributed by atoms with E-state index in [1.807, 2.05) is 12.1 Å². The number of phenols is 1. The molecule has 0 radical (unpaired) electrons. The second kappa shape index (κ2) is 6.19. The Kier molecular flexibility index (Phi) is 4.35. The van der Waals surface area contributed by atoms with Gasteiger partial charge in [0.15, 0.2) is 0 Å².